The third kappa shape index (κ3) is 3.02. The van der Waals surface area contributed by atoms with Crippen molar-refractivity contribution in [3.8, 4) is 5.69 Å². The molecule has 0 spiro atoms. The molecular formula is C16H13ClN4O2. The smallest absolute Gasteiger partial charge is 0.319 e. The number of halogens is 1. The van der Waals surface area contributed by atoms with Crippen molar-refractivity contribution in [3.63, 3.8) is 0 Å². The summed E-state index contributed by atoms with van der Waals surface area (Å²) in [6.45, 7) is 1.79. The van der Waals surface area contributed by atoms with E-state index in [4.69, 9.17) is 11.6 Å². The van der Waals surface area contributed by atoms with Crippen molar-refractivity contribution < 1.29 is 4.79 Å². The molecule has 0 atom stereocenters. The number of nitrogens with one attached hydrogen (secondary N) is 2. The van der Waals surface area contributed by atoms with Crippen LogP contribution in [-0.4, -0.2) is 20.7 Å². The number of H-pyrrole nitrogens is 1. The fraction of sp³-hybridized carbons (Fsp3) is 0.0625. The van der Waals surface area contributed by atoms with Gasteiger partial charge >= 0.3 is 5.69 Å². The van der Waals surface area contributed by atoms with Crippen LogP contribution >= 0.6 is 11.6 Å². The zero-order valence-electron chi connectivity index (χ0n) is 12.2. The SMILES string of the molecule is Cc1c(Cl)cccc1NC(=O)c1nn(-c2ccccc2)c(=O)[nH]1. The average molecular weight is 329 g/mol. The summed E-state index contributed by atoms with van der Waals surface area (Å²) in [5, 5.41) is 7.27. The number of hydrogen-bond donors (Lipinski definition) is 2. The van der Waals surface area contributed by atoms with E-state index in [1.165, 1.54) is 0 Å². The maximum absolute atomic E-state index is 12.3. The molecule has 116 valence electrons. The molecule has 6 nitrogen and oxygen atoms in total. The van der Waals surface area contributed by atoms with Gasteiger partial charge in [0, 0.05) is 10.7 Å². The Morgan fingerprint density at radius 1 is 1.17 bits per heavy atom. The number of anilines is 1. The molecule has 2 N–H and O–H groups in total. The number of rotatable bonds is 3. The second-order valence-electron chi connectivity index (χ2n) is 4.89. The van der Waals surface area contributed by atoms with E-state index in [9.17, 15) is 9.59 Å². The molecule has 0 radical (unpaired) electrons. The van der Waals surface area contributed by atoms with Crippen molar-refractivity contribution in [2.75, 3.05) is 5.32 Å². The van der Waals surface area contributed by atoms with Gasteiger partial charge in [-0.2, -0.15) is 4.68 Å². The lowest BCUT2D eigenvalue weighted by Gasteiger charge is -2.07. The minimum atomic E-state index is -0.512. The number of aromatic amines is 1. The Morgan fingerprint density at radius 3 is 2.65 bits per heavy atom. The van der Waals surface area contributed by atoms with Crippen LogP contribution in [0.25, 0.3) is 5.69 Å². The largest absolute Gasteiger partial charge is 0.348 e. The molecule has 23 heavy (non-hydrogen) atoms. The fourth-order valence-electron chi connectivity index (χ4n) is 2.10. The van der Waals surface area contributed by atoms with Crippen LogP contribution in [-0.2, 0) is 0 Å². The lowest BCUT2D eigenvalue weighted by atomic mass is 10.2. The monoisotopic (exact) mass is 328 g/mol. The standard InChI is InChI=1S/C16H13ClN4O2/c1-10-12(17)8-5-9-13(10)18-15(22)14-19-16(23)21(20-14)11-6-3-2-4-7-11/h2-9H,1H3,(H,18,22)(H,19,20,23). The average Bonchev–Trinajstić information content (AvgIpc) is 2.95. The number of benzene rings is 2. The molecule has 0 saturated carbocycles. The molecule has 3 aromatic rings. The number of carbonyl (C=O) groups is 1. The molecule has 0 aliphatic rings. The first-order chi connectivity index (χ1) is 11.1. The Labute approximate surface area is 136 Å². The van der Waals surface area contributed by atoms with Crippen molar-refractivity contribution >= 4 is 23.2 Å². The van der Waals surface area contributed by atoms with Crippen LogP contribution in [0.1, 0.15) is 16.2 Å². The van der Waals surface area contributed by atoms with E-state index in [-0.39, 0.29) is 5.82 Å². The van der Waals surface area contributed by atoms with Gasteiger partial charge in [-0.05, 0) is 36.8 Å². The van der Waals surface area contributed by atoms with E-state index < -0.39 is 11.6 Å². The van der Waals surface area contributed by atoms with Gasteiger partial charge in [-0.25, -0.2) is 4.79 Å². The molecule has 0 saturated heterocycles. The van der Waals surface area contributed by atoms with Crippen LogP contribution in [0.4, 0.5) is 5.69 Å². The minimum Gasteiger partial charge on any atom is -0.319 e. The van der Waals surface area contributed by atoms with Crippen LogP contribution in [0.5, 0.6) is 0 Å². The molecule has 3 rings (SSSR count). The predicted molar refractivity (Wildman–Crippen MR) is 88.3 cm³/mol. The van der Waals surface area contributed by atoms with Crippen LogP contribution in [0.2, 0.25) is 5.02 Å². The number of hydrogen-bond acceptors (Lipinski definition) is 3. The first kappa shape index (κ1) is 15.1. The highest BCUT2D eigenvalue weighted by Gasteiger charge is 2.15. The van der Waals surface area contributed by atoms with Gasteiger partial charge in [0.2, 0.25) is 5.82 Å². The Kier molecular flexibility index (Phi) is 3.99. The van der Waals surface area contributed by atoms with Gasteiger partial charge in [-0.3, -0.25) is 9.78 Å². The van der Waals surface area contributed by atoms with E-state index in [0.717, 1.165) is 10.2 Å². The number of para-hydroxylation sites is 1. The highest BCUT2D eigenvalue weighted by Crippen LogP contribution is 2.23. The maximum atomic E-state index is 12.3. The Hall–Kier alpha value is -2.86. The van der Waals surface area contributed by atoms with Crippen LogP contribution < -0.4 is 11.0 Å². The van der Waals surface area contributed by atoms with Crippen LogP contribution in [0, 0.1) is 6.92 Å². The van der Waals surface area contributed by atoms with E-state index in [0.29, 0.717) is 16.4 Å². The van der Waals surface area contributed by atoms with E-state index in [1.54, 1.807) is 49.4 Å². The molecule has 2 aromatic carbocycles. The number of nitrogens with zero attached hydrogens (tertiary/aromatic N) is 2. The summed E-state index contributed by atoms with van der Waals surface area (Å²) in [6.07, 6.45) is 0. The second kappa shape index (κ2) is 6.10. The topological polar surface area (TPSA) is 79.8 Å². The van der Waals surface area contributed by atoms with Gasteiger partial charge in [0.1, 0.15) is 0 Å². The molecule has 0 aliphatic heterocycles. The Balaban J connectivity index is 1.89. The molecule has 1 amide bonds. The Bertz CT molecular complexity index is 915. The van der Waals surface area contributed by atoms with Crippen molar-refractivity contribution in [1.29, 1.82) is 0 Å². The van der Waals surface area contributed by atoms with E-state index in [2.05, 4.69) is 15.4 Å². The zero-order chi connectivity index (χ0) is 16.4. The van der Waals surface area contributed by atoms with Gasteiger partial charge in [0.05, 0.1) is 5.69 Å². The molecule has 1 aromatic heterocycles. The van der Waals surface area contributed by atoms with Gasteiger partial charge in [-0.15, -0.1) is 5.10 Å². The quantitative estimate of drug-likeness (QED) is 0.776. The predicted octanol–water partition coefficient (Wildman–Crippen LogP) is 2.77. The molecule has 0 fully saturated rings. The Morgan fingerprint density at radius 2 is 1.91 bits per heavy atom. The molecule has 0 bridgehead atoms. The fourth-order valence-corrected chi connectivity index (χ4v) is 2.27. The summed E-state index contributed by atoms with van der Waals surface area (Å²) in [5.74, 6) is -0.583. The summed E-state index contributed by atoms with van der Waals surface area (Å²) >= 11 is 6.02. The van der Waals surface area contributed by atoms with Crippen molar-refractivity contribution in [2.45, 2.75) is 6.92 Å². The van der Waals surface area contributed by atoms with Crippen molar-refractivity contribution in [1.82, 2.24) is 14.8 Å². The summed E-state index contributed by atoms with van der Waals surface area (Å²) in [6, 6.07) is 14.0. The highest BCUT2D eigenvalue weighted by atomic mass is 35.5. The normalized spacial score (nSPS) is 10.5. The first-order valence-corrected chi connectivity index (χ1v) is 7.25. The number of amides is 1. The lowest BCUT2D eigenvalue weighted by Crippen LogP contribution is -2.16. The molecule has 0 unspecified atom stereocenters. The molecular weight excluding hydrogens is 316 g/mol. The maximum Gasteiger partial charge on any atom is 0.348 e. The second-order valence-corrected chi connectivity index (χ2v) is 5.30. The van der Waals surface area contributed by atoms with Gasteiger partial charge in [0.15, 0.2) is 0 Å². The van der Waals surface area contributed by atoms with Gasteiger partial charge < -0.3 is 5.32 Å². The third-order valence-corrected chi connectivity index (χ3v) is 3.76. The zero-order valence-corrected chi connectivity index (χ0v) is 13.0. The first-order valence-electron chi connectivity index (χ1n) is 6.87. The summed E-state index contributed by atoms with van der Waals surface area (Å²) in [5.41, 5.74) is 1.40. The molecule has 0 aliphatic carbocycles. The number of carbonyl (C=O) groups excluding carboxylic acids is 1. The number of aromatic nitrogens is 3. The van der Waals surface area contributed by atoms with E-state index >= 15 is 0 Å². The van der Waals surface area contributed by atoms with Crippen molar-refractivity contribution in [3.05, 3.63) is 75.4 Å². The lowest BCUT2D eigenvalue weighted by molar-refractivity contribution is 0.101. The summed E-state index contributed by atoms with van der Waals surface area (Å²) in [4.78, 5) is 26.7. The van der Waals surface area contributed by atoms with E-state index in [1.807, 2.05) is 6.07 Å². The summed E-state index contributed by atoms with van der Waals surface area (Å²) < 4.78 is 1.14. The third-order valence-electron chi connectivity index (χ3n) is 3.35. The van der Waals surface area contributed by atoms with Gasteiger partial charge in [-0.1, -0.05) is 35.9 Å². The van der Waals surface area contributed by atoms with Crippen molar-refractivity contribution in [2.24, 2.45) is 0 Å². The molecule has 1 heterocycles. The summed E-state index contributed by atoms with van der Waals surface area (Å²) in [7, 11) is 0. The van der Waals surface area contributed by atoms with Crippen LogP contribution in [0.15, 0.2) is 53.3 Å². The van der Waals surface area contributed by atoms with Crippen LogP contribution in [0.3, 0.4) is 0 Å². The molecule has 7 heteroatoms. The van der Waals surface area contributed by atoms with Gasteiger partial charge in [0.25, 0.3) is 5.91 Å². The highest BCUT2D eigenvalue weighted by molar-refractivity contribution is 6.31. The minimum absolute atomic E-state index is 0.0711.